The zero-order valence-electron chi connectivity index (χ0n) is 5.39. The minimum Gasteiger partial charge on any atom is -0.286 e. The van der Waals surface area contributed by atoms with Gasteiger partial charge in [0.15, 0.2) is 0 Å². The number of ketones is 2. The number of carbonyl (C=O) groups excluding carboxylic acids is 2. The zero-order valence-corrected chi connectivity index (χ0v) is 5.39. The Morgan fingerprint density at radius 2 is 1.30 bits per heavy atom. The van der Waals surface area contributed by atoms with E-state index in [4.69, 9.17) is 0 Å². The molecule has 2 rings (SSSR count). The van der Waals surface area contributed by atoms with Crippen molar-refractivity contribution in [2.45, 2.75) is 12.8 Å². The molecular weight excluding hydrogens is 128 g/mol. The van der Waals surface area contributed by atoms with Gasteiger partial charge in [-0.25, -0.2) is 0 Å². The number of carbonyl (C=O) groups is 2. The molecule has 0 aromatic rings. The molecule has 0 N–H and O–H groups in total. The van der Waals surface area contributed by atoms with E-state index in [1.54, 1.807) is 0 Å². The maximum absolute atomic E-state index is 10.7. The molecule has 0 aromatic heterocycles. The van der Waals surface area contributed by atoms with Crippen LogP contribution < -0.4 is 0 Å². The second kappa shape index (κ2) is 1.66. The van der Waals surface area contributed by atoms with E-state index in [1.165, 1.54) is 12.2 Å². The van der Waals surface area contributed by atoms with E-state index in [9.17, 15) is 9.59 Å². The standard InChI is InChI=1S/C8H6O2/c9-7-3-5-1-2-6(5)4-8(7)10/h3-4H,1-2H2. The molecule has 0 bridgehead atoms. The zero-order chi connectivity index (χ0) is 7.14. The van der Waals surface area contributed by atoms with Crippen molar-refractivity contribution in [3.8, 4) is 0 Å². The van der Waals surface area contributed by atoms with Gasteiger partial charge in [0.1, 0.15) is 0 Å². The molecule has 0 aromatic carbocycles. The first-order valence-corrected chi connectivity index (χ1v) is 3.27. The van der Waals surface area contributed by atoms with Crippen molar-refractivity contribution in [3.05, 3.63) is 23.3 Å². The van der Waals surface area contributed by atoms with Crippen molar-refractivity contribution in [1.29, 1.82) is 0 Å². The Balaban J connectivity index is 2.43. The molecule has 50 valence electrons. The molecule has 2 heteroatoms. The van der Waals surface area contributed by atoms with Crippen LogP contribution in [0.25, 0.3) is 0 Å². The topological polar surface area (TPSA) is 34.1 Å². The van der Waals surface area contributed by atoms with Crippen molar-refractivity contribution in [3.63, 3.8) is 0 Å². The van der Waals surface area contributed by atoms with Gasteiger partial charge in [-0.15, -0.1) is 0 Å². The Bertz CT molecular complexity index is 252. The van der Waals surface area contributed by atoms with E-state index in [0.29, 0.717) is 0 Å². The third-order valence-corrected chi connectivity index (χ3v) is 1.93. The van der Waals surface area contributed by atoms with Gasteiger partial charge in [0.2, 0.25) is 11.6 Å². The van der Waals surface area contributed by atoms with Crippen LogP contribution in [0.5, 0.6) is 0 Å². The first-order valence-electron chi connectivity index (χ1n) is 3.27. The Morgan fingerprint density at radius 1 is 0.900 bits per heavy atom. The maximum atomic E-state index is 10.7. The van der Waals surface area contributed by atoms with Crippen LogP contribution in [-0.4, -0.2) is 11.6 Å². The van der Waals surface area contributed by atoms with Crippen molar-refractivity contribution in [2.75, 3.05) is 0 Å². The Hall–Kier alpha value is -1.18. The fourth-order valence-corrected chi connectivity index (χ4v) is 1.20. The smallest absolute Gasteiger partial charge is 0.225 e. The lowest BCUT2D eigenvalue weighted by Crippen LogP contribution is -2.19. The molecule has 0 aliphatic heterocycles. The lowest BCUT2D eigenvalue weighted by atomic mass is 9.81. The van der Waals surface area contributed by atoms with Crippen LogP contribution in [0.15, 0.2) is 23.3 Å². The highest BCUT2D eigenvalue weighted by Crippen LogP contribution is 2.34. The number of hydrogen-bond donors (Lipinski definition) is 0. The molecule has 1 fully saturated rings. The summed E-state index contributed by atoms with van der Waals surface area (Å²) in [6.07, 6.45) is 4.85. The van der Waals surface area contributed by atoms with Crippen molar-refractivity contribution >= 4 is 11.6 Å². The van der Waals surface area contributed by atoms with Gasteiger partial charge in [-0.3, -0.25) is 9.59 Å². The molecule has 0 unspecified atom stereocenters. The number of hydrogen-bond acceptors (Lipinski definition) is 2. The molecule has 1 saturated carbocycles. The summed E-state index contributed by atoms with van der Waals surface area (Å²) in [5, 5.41) is 0. The van der Waals surface area contributed by atoms with Gasteiger partial charge in [0, 0.05) is 0 Å². The molecule has 0 saturated heterocycles. The van der Waals surface area contributed by atoms with Crippen LogP contribution in [0, 0.1) is 0 Å². The van der Waals surface area contributed by atoms with Gasteiger partial charge in [-0.2, -0.15) is 0 Å². The van der Waals surface area contributed by atoms with E-state index in [-0.39, 0.29) is 11.6 Å². The lowest BCUT2D eigenvalue weighted by Gasteiger charge is -2.23. The summed E-state index contributed by atoms with van der Waals surface area (Å²) in [7, 11) is 0. The number of fused-ring (bicyclic) bond motifs is 1. The summed E-state index contributed by atoms with van der Waals surface area (Å²) >= 11 is 0. The van der Waals surface area contributed by atoms with Crippen LogP contribution in [0.2, 0.25) is 0 Å². The van der Waals surface area contributed by atoms with Gasteiger partial charge in [0.25, 0.3) is 0 Å². The van der Waals surface area contributed by atoms with Crippen LogP contribution in [0.3, 0.4) is 0 Å². The summed E-state index contributed by atoms with van der Waals surface area (Å²) < 4.78 is 0. The van der Waals surface area contributed by atoms with Gasteiger partial charge in [0.05, 0.1) is 0 Å². The molecule has 0 atom stereocenters. The minimum atomic E-state index is -0.363. The van der Waals surface area contributed by atoms with E-state index >= 15 is 0 Å². The molecule has 0 spiro atoms. The Morgan fingerprint density at radius 3 is 1.60 bits per heavy atom. The molecule has 0 amide bonds. The molecule has 2 aliphatic rings. The van der Waals surface area contributed by atoms with E-state index < -0.39 is 0 Å². The highest BCUT2D eigenvalue weighted by atomic mass is 16.2. The summed E-state index contributed by atoms with van der Waals surface area (Å²) in [6, 6.07) is 0. The predicted octanol–water partition coefficient (Wildman–Crippen LogP) is 0.785. The Kier molecular flexibility index (Phi) is 0.926. The summed E-state index contributed by atoms with van der Waals surface area (Å²) in [4.78, 5) is 21.4. The average Bonchev–Trinajstić information content (AvgIpc) is 1.89. The second-order valence-electron chi connectivity index (χ2n) is 2.57. The van der Waals surface area contributed by atoms with Crippen LogP contribution >= 0.6 is 0 Å². The van der Waals surface area contributed by atoms with Gasteiger partial charge in [-0.05, 0) is 36.1 Å². The first-order chi connectivity index (χ1) is 4.77. The summed E-state index contributed by atoms with van der Waals surface area (Å²) in [5.74, 6) is -0.725. The maximum Gasteiger partial charge on any atom is 0.225 e. The monoisotopic (exact) mass is 134 g/mol. The molecule has 2 nitrogen and oxygen atoms in total. The predicted molar refractivity (Wildman–Crippen MR) is 35.4 cm³/mol. The minimum absolute atomic E-state index is 0.363. The van der Waals surface area contributed by atoms with E-state index in [2.05, 4.69) is 0 Å². The van der Waals surface area contributed by atoms with Crippen molar-refractivity contribution in [2.24, 2.45) is 0 Å². The SMILES string of the molecule is O=C1C=C2CCC2=CC1=O. The third kappa shape index (κ3) is 0.588. The normalized spacial score (nSPS) is 22.8. The third-order valence-electron chi connectivity index (χ3n) is 1.93. The largest absolute Gasteiger partial charge is 0.286 e. The van der Waals surface area contributed by atoms with Gasteiger partial charge in [-0.1, -0.05) is 0 Å². The van der Waals surface area contributed by atoms with Crippen molar-refractivity contribution < 1.29 is 9.59 Å². The average molecular weight is 134 g/mol. The van der Waals surface area contributed by atoms with Gasteiger partial charge >= 0.3 is 0 Å². The quantitative estimate of drug-likeness (QED) is 0.362. The summed E-state index contributed by atoms with van der Waals surface area (Å²) in [5.41, 5.74) is 2.12. The fourth-order valence-electron chi connectivity index (χ4n) is 1.20. The number of allylic oxidation sites excluding steroid dienone is 4. The van der Waals surface area contributed by atoms with Crippen LogP contribution in [0.1, 0.15) is 12.8 Å². The fraction of sp³-hybridized carbons (Fsp3) is 0.250. The number of rotatable bonds is 0. The molecule has 0 heterocycles. The van der Waals surface area contributed by atoms with Crippen LogP contribution in [-0.2, 0) is 9.59 Å². The first kappa shape index (κ1) is 5.59. The Labute approximate surface area is 58.2 Å². The van der Waals surface area contributed by atoms with Crippen LogP contribution in [0.4, 0.5) is 0 Å². The highest BCUT2D eigenvalue weighted by Gasteiger charge is 2.25. The molecule has 10 heavy (non-hydrogen) atoms. The lowest BCUT2D eigenvalue weighted by molar-refractivity contribution is -0.131. The van der Waals surface area contributed by atoms with E-state index in [0.717, 1.165) is 24.0 Å². The second-order valence-corrected chi connectivity index (χ2v) is 2.57. The molecular formula is C8H6O2. The molecule has 2 aliphatic carbocycles. The highest BCUT2D eigenvalue weighted by molar-refractivity contribution is 6.47. The molecule has 0 radical (unpaired) electrons. The van der Waals surface area contributed by atoms with Crippen molar-refractivity contribution in [1.82, 2.24) is 0 Å². The van der Waals surface area contributed by atoms with Gasteiger partial charge < -0.3 is 0 Å². The summed E-state index contributed by atoms with van der Waals surface area (Å²) in [6.45, 7) is 0. The van der Waals surface area contributed by atoms with E-state index in [1.807, 2.05) is 0 Å².